The molecule has 2 rings (SSSR count). The molecule has 0 aliphatic carbocycles. The first kappa shape index (κ1) is 14.9. The Balaban J connectivity index is 2.32. The van der Waals surface area contributed by atoms with E-state index in [2.05, 4.69) is 5.32 Å². The van der Waals surface area contributed by atoms with Crippen LogP contribution < -0.4 is 5.32 Å². The Kier molecular flexibility index (Phi) is 4.14. The summed E-state index contributed by atoms with van der Waals surface area (Å²) < 4.78 is 18.8. The number of hydrogen-bond acceptors (Lipinski definition) is 5. The molecule has 1 N–H and O–H groups in total. The van der Waals surface area contributed by atoms with Gasteiger partial charge in [-0.15, -0.1) is 0 Å². The molecule has 0 unspecified atom stereocenters. The van der Waals surface area contributed by atoms with Crippen LogP contribution in [0.3, 0.4) is 0 Å². The highest BCUT2D eigenvalue weighted by molar-refractivity contribution is 5.99. The van der Waals surface area contributed by atoms with Crippen molar-refractivity contribution in [3.63, 3.8) is 0 Å². The molecule has 1 aromatic rings. The predicted octanol–water partition coefficient (Wildman–Crippen LogP) is 1.99. The highest BCUT2D eigenvalue weighted by atomic mass is 19.1. The van der Waals surface area contributed by atoms with Crippen LogP contribution >= 0.6 is 0 Å². The second-order valence-electron chi connectivity index (χ2n) is 4.65. The summed E-state index contributed by atoms with van der Waals surface area (Å²) in [6.45, 7) is 0.473. The Morgan fingerprint density at radius 3 is 2.71 bits per heavy atom. The van der Waals surface area contributed by atoms with Crippen molar-refractivity contribution in [1.82, 2.24) is 0 Å². The first-order chi connectivity index (χ1) is 10.00. The average Bonchev–Trinajstić information content (AvgIpc) is 2.49. The number of nitrogens with one attached hydrogen (secondary N) is 1. The summed E-state index contributed by atoms with van der Waals surface area (Å²) in [6, 6.07) is 5.19. The van der Waals surface area contributed by atoms with Gasteiger partial charge < -0.3 is 10.1 Å². The number of nitriles is 1. The van der Waals surface area contributed by atoms with E-state index in [1.54, 1.807) is 0 Å². The van der Waals surface area contributed by atoms with Gasteiger partial charge in [0, 0.05) is 19.3 Å². The lowest BCUT2D eigenvalue weighted by Gasteiger charge is -2.29. The van der Waals surface area contributed by atoms with E-state index in [0.29, 0.717) is 0 Å². The zero-order valence-electron chi connectivity index (χ0n) is 11.0. The maximum Gasteiger partial charge on any atom is 0.295 e. The molecule has 7 nitrogen and oxygen atoms in total. The van der Waals surface area contributed by atoms with E-state index < -0.39 is 33.4 Å². The number of nitro groups is 1. The first-order valence-electron chi connectivity index (χ1n) is 6.23. The molecule has 1 aromatic carbocycles. The molecule has 1 aliphatic rings. The lowest BCUT2D eigenvalue weighted by atomic mass is 9.81. The molecule has 1 heterocycles. The van der Waals surface area contributed by atoms with Crippen LogP contribution in [0.15, 0.2) is 18.2 Å². The summed E-state index contributed by atoms with van der Waals surface area (Å²) in [5.74, 6) is -1.67. The van der Waals surface area contributed by atoms with Crippen molar-refractivity contribution in [1.29, 1.82) is 5.26 Å². The fourth-order valence-electron chi connectivity index (χ4n) is 2.13. The Labute approximate surface area is 119 Å². The van der Waals surface area contributed by atoms with Crippen LogP contribution in [0.4, 0.5) is 15.8 Å². The van der Waals surface area contributed by atoms with Gasteiger partial charge in [0.2, 0.25) is 5.91 Å². The van der Waals surface area contributed by atoms with Gasteiger partial charge in [0.25, 0.3) is 5.69 Å². The van der Waals surface area contributed by atoms with E-state index in [9.17, 15) is 24.6 Å². The SMILES string of the molecule is N#CC1(C(=O)Nc2c(F)cccc2[N+](=O)[O-])CCOCC1. The Morgan fingerprint density at radius 1 is 1.48 bits per heavy atom. The van der Waals surface area contributed by atoms with E-state index in [1.165, 1.54) is 6.07 Å². The zero-order valence-corrected chi connectivity index (χ0v) is 11.0. The first-order valence-corrected chi connectivity index (χ1v) is 6.23. The molecule has 1 fully saturated rings. The summed E-state index contributed by atoms with van der Waals surface area (Å²) in [5.41, 5.74) is -2.42. The molecule has 1 saturated heterocycles. The normalized spacial score (nSPS) is 16.8. The van der Waals surface area contributed by atoms with Gasteiger partial charge in [-0.25, -0.2) is 4.39 Å². The lowest BCUT2D eigenvalue weighted by molar-refractivity contribution is -0.384. The van der Waals surface area contributed by atoms with Crippen LogP contribution in [-0.2, 0) is 9.53 Å². The van der Waals surface area contributed by atoms with E-state index in [4.69, 9.17) is 4.74 Å². The topological polar surface area (TPSA) is 105 Å². The molecule has 0 atom stereocenters. The minimum absolute atomic E-state index is 0.164. The highest BCUT2D eigenvalue weighted by Crippen LogP contribution is 2.34. The maximum atomic E-state index is 13.7. The number of anilines is 1. The van der Waals surface area contributed by atoms with Crippen LogP contribution in [-0.4, -0.2) is 24.0 Å². The number of para-hydroxylation sites is 1. The van der Waals surface area contributed by atoms with Crippen molar-refractivity contribution in [3.8, 4) is 6.07 Å². The van der Waals surface area contributed by atoms with Gasteiger partial charge in [0.1, 0.15) is 5.41 Å². The van der Waals surface area contributed by atoms with Crippen molar-refractivity contribution < 1.29 is 18.8 Å². The molecule has 0 radical (unpaired) electrons. The summed E-state index contributed by atoms with van der Waals surface area (Å²) >= 11 is 0. The largest absolute Gasteiger partial charge is 0.381 e. The van der Waals surface area contributed by atoms with Gasteiger partial charge in [-0.05, 0) is 18.9 Å². The molecule has 21 heavy (non-hydrogen) atoms. The number of carbonyl (C=O) groups is 1. The van der Waals surface area contributed by atoms with Crippen molar-refractivity contribution in [3.05, 3.63) is 34.1 Å². The van der Waals surface area contributed by atoms with Crippen LogP contribution in [0.2, 0.25) is 0 Å². The quantitative estimate of drug-likeness (QED) is 0.677. The van der Waals surface area contributed by atoms with Gasteiger partial charge in [0.15, 0.2) is 11.5 Å². The summed E-state index contributed by atoms with van der Waals surface area (Å²) in [5, 5.41) is 22.3. The Morgan fingerprint density at radius 2 is 2.14 bits per heavy atom. The van der Waals surface area contributed by atoms with Gasteiger partial charge in [-0.2, -0.15) is 5.26 Å². The number of ether oxygens (including phenoxy) is 1. The minimum atomic E-state index is -1.35. The number of hydrogen-bond donors (Lipinski definition) is 1. The smallest absolute Gasteiger partial charge is 0.295 e. The van der Waals surface area contributed by atoms with Crippen molar-refractivity contribution >= 4 is 17.3 Å². The predicted molar refractivity (Wildman–Crippen MR) is 69.8 cm³/mol. The minimum Gasteiger partial charge on any atom is -0.381 e. The second-order valence-corrected chi connectivity index (χ2v) is 4.65. The molecule has 0 bridgehead atoms. The number of benzene rings is 1. The summed E-state index contributed by atoms with van der Waals surface area (Å²) in [4.78, 5) is 22.4. The van der Waals surface area contributed by atoms with Gasteiger partial charge in [-0.1, -0.05) is 6.07 Å². The Hall–Kier alpha value is -2.53. The second kappa shape index (κ2) is 5.85. The number of nitro benzene ring substituents is 1. The monoisotopic (exact) mass is 293 g/mol. The van der Waals surface area contributed by atoms with Crippen molar-refractivity contribution in [2.75, 3.05) is 18.5 Å². The molecule has 8 heteroatoms. The van der Waals surface area contributed by atoms with E-state index in [1.807, 2.05) is 6.07 Å². The lowest BCUT2D eigenvalue weighted by Crippen LogP contribution is -2.40. The molecular formula is C13H12FN3O4. The van der Waals surface area contributed by atoms with Crippen LogP contribution in [0.5, 0.6) is 0 Å². The molecule has 1 aliphatic heterocycles. The molecule has 110 valence electrons. The van der Waals surface area contributed by atoms with E-state index >= 15 is 0 Å². The maximum absolute atomic E-state index is 13.7. The third-order valence-corrected chi connectivity index (χ3v) is 3.42. The average molecular weight is 293 g/mol. The van der Waals surface area contributed by atoms with Crippen LogP contribution in [0.1, 0.15) is 12.8 Å². The third-order valence-electron chi connectivity index (χ3n) is 3.42. The standard InChI is InChI=1S/C13H12FN3O4/c14-9-2-1-3-10(17(19)20)11(9)16-12(18)13(8-15)4-6-21-7-5-13/h1-3H,4-7H2,(H,16,18). The van der Waals surface area contributed by atoms with Crippen LogP contribution in [0, 0.1) is 32.7 Å². The molecule has 0 saturated carbocycles. The number of nitrogens with zero attached hydrogens (tertiary/aromatic N) is 2. The molecule has 0 aromatic heterocycles. The van der Waals surface area contributed by atoms with Gasteiger partial charge in [-0.3, -0.25) is 14.9 Å². The van der Waals surface area contributed by atoms with E-state index in [-0.39, 0.29) is 26.1 Å². The Bertz CT molecular complexity index is 620. The number of amides is 1. The highest BCUT2D eigenvalue weighted by Gasteiger charge is 2.41. The number of rotatable bonds is 3. The van der Waals surface area contributed by atoms with Crippen molar-refractivity contribution in [2.24, 2.45) is 5.41 Å². The third kappa shape index (κ3) is 2.83. The summed E-state index contributed by atoms with van der Waals surface area (Å²) in [6.07, 6.45) is 0.329. The van der Waals surface area contributed by atoms with Crippen molar-refractivity contribution in [2.45, 2.75) is 12.8 Å². The molecule has 1 amide bonds. The fourth-order valence-corrected chi connectivity index (χ4v) is 2.13. The number of halogens is 1. The summed E-state index contributed by atoms with van der Waals surface area (Å²) in [7, 11) is 0. The fraction of sp³-hybridized carbons (Fsp3) is 0.385. The molecular weight excluding hydrogens is 281 g/mol. The molecule has 0 spiro atoms. The van der Waals surface area contributed by atoms with E-state index in [0.717, 1.165) is 12.1 Å². The van der Waals surface area contributed by atoms with Crippen LogP contribution in [0.25, 0.3) is 0 Å². The number of carbonyl (C=O) groups excluding carboxylic acids is 1. The zero-order chi connectivity index (χ0) is 15.5. The van der Waals surface area contributed by atoms with Gasteiger partial charge in [0.05, 0.1) is 11.0 Å². The van der Waals surface area contributed by atoms with Gasteiger partial charge >= 0.3 is 0 Å².